The molecule has 5 heteroatoms. The van der Waals surface area contributed by atoms with Gasteiger partial charge in [-0.05, 0) is 25.5 Å². The Morgan fingerprint density at radius 2 is 2.21 bits per heavy atom. The minimum atomic E-state index is -0.231. The third kappa shape index (κ3) is 3.59. The molecule has 1 aromatic heterocycles. The monoisotopic (exact) mass is 266 g/mol. The Hall–Kier alpha value is -1.78. The third-order valence-electron chi connectivity index (χ3n) is 2.82. The largest absolute Gasteiger partial charge is 0.466 e. The van der Waals surface area contributed by atoms with Gasteiger partial charge in [-0.1, -0.05) is 13.8 Å². The molecule has 1 atom stereocenters. The molecule has 0 saturated carbocycles. The Bertz CT molecular complexity index is 452. The number of hydrogen-bond acceptors (Lipinski definition) is 3. The molecule has 5 nitrogen and oxygen atoms in total. The van der Waals surface area contributed by atoms with Crippen molar-refractivity contribution in [1.29, 1.82) is 0 Å². The summed E-state index contributed by atoms with van der Waals surface area (Å²) in [6.45, 7) is 8.57. The molecule has 106 valence electrons. The van der Waals surface area contributed by atoms with E-state index in [-0.39, 0.29) is 24.3 Å². The number of carbonyl (C=O) groups is 2. The zero-order chi connectivity index (χ0) is 14.4. The second-order valence-electron chi connectivity index (χ2n) is 4.18. The zero-order valence-electron chi connectivity index (χ0n) is 12.0. The van der Waals surface area contributed by atoms with Crippen LogP contribution in [0.5, 0.6) is 0 Å². The van der Waals surface area contributed by atoms with Crippen molar-refractivity contribution in [1.82, 2.24) is 9.88 Å². The van der Waals surface area contributed by atoms with Crippen molar-refractivity contribution in [3.05, 3.63) is 23.5 Å². The summed E-state index contributed by atoms with van der Waals surface area (Å²) in [5, 5.41) is 2.78. The predicted molar refractivity (Wildman–Crippen MR) is 73.1 cm³/mol. The number of nitrogens with one attached hydrogen (secondary N) is 1. The second-order valence-corrected chi connectivity index (χ2v) is 4.18. The number of ether oxygens (including phenoxy) is 1. The van der Waals surface area contributed by atoms with Crippen LogP contribution in [0.15, 0.2) is 12.3 Å². The van der Waals surface area contributed by atoms with Gasteiger partial charge >= 0.3 is 5.97 Å². The summed E-state index contributed by atoms with van der Waals surface area (Å²) < 4.78 is 6.79. The van der Waals surface area contributed by atoms with Crippen LogP contribution in [0.25, 0.3) is 0 Å². The Kier molecular flexibility index (Phi) is 5.60. The van der Waals surface area contributed by atoms with Crippen molar-refractivity contribution in [2.24, 2.45) is 0 Å². The highest BCUT2D eigenvalue weighted by Gasteiger charge is 2.26. The fourth-order valence-corrected chi connectivity index (χ4v) is 2.08. The Morgan fingerprint density at radius 1 is 1.53 bits per heavy atom. The molecule has 0 spiro atoms. The molecule has 0 fully saturated rings. The number of rotatable bonds is 3. The average Bonchev–Trinajstić information content (AvgIpc) is 2.79. The normalized spacial score (nSPS) is 16.8. The molecule has 1 aliphatic heterocycles. The summed E-state index contributed by atoms with van der Waals surface area (Å²) in [6, 6.07) is 1.78. The van der Waals surface area contributed by atoms with Gasteiger partial charge in [-0.15, -0.1) is 0 Å². The maximum atomic E-state index is 11.6. The highest BCUT2D eigenvalue weighted by Crippen LogP contribution is 2.21. The summed E-state index contributed by atoms with van der Waals surface area (Å²) in [5.74, 6) is -0.316. The van der Waals surface area contributed by atoms with Gasteiger partial charge < -0.3 is 14.6 Å². The number of fused-ring (bicyclic) bond motifs is 1. The van der Waals surface area contributed by atoms with Crippen molar-refractivity contribution in [3.8, 4) is 0 Å². The lowest BCUT2D eigenvalue weighted by Crippen LogP contribution is -2.39. The van der Waals surface area contributed by atoms with Gasteiger partial charge in [0.05, 0.1) is 19.1 Å². The number of aryl methyl sites for hydroxylation is 1. The molecule has 0 radical (unpaired) electrons. The Labute approximate surface area is 113 Å². The van der Waals surface area contributed by atoms with Crippen LogP contribution in [0.3, 0.4) is 0 Å². The molecular formula is C14H22N2O3. The van der Waals surface area contributed by atoms with Crippen LogP contribution in [0, 0.1) is 6.92 Å². The van der Waals surface area contributed by atoms with Gasteiger partial charge in [-0.25, -0.2) is 0 Å². The first-order chi connectivity index (χ1) is 9.11. The van der Waals surface area contributed by atoms with Gasteiger partial charge in [-0.3, -0.25) is 9.59 Å². The SMILES string of the molecule is CC.CCOC(=O)CC1CNC(=O)c2cc(C)cn21. The molecule has 1 amide bonds. The van der Waals surface area contributed by atoms with E-state index in [9.17, 15) is 9.59 Å². The average molecular weight is 266 g/mol. The highest BCUT2D eigenvalue weighted by molar-refractivity contribution is 5.94. The predicted octanol–water partition coefficient (Wildman–Crippen LogP) is 2.06. The van der Waals surface area contributed by atoms with E-state index in [0.717, 1.165) is 5.56 Å². The molecule has 2 rings (SSSR count). The Morgan fingerprint density at radius 3 is 2.84 bits per heavy atom. The number of esters is 1. The van der Waals surface area contributed by atoms with Crippen LogP contribution in [0.4, 0.5) is 0 Å². The van der Waals surface area contributed by atoms with Gasteiger partial charge in [0.25, 0.3) is 5.91 Å². The lowest BCUT2D eigenvalue weighted by Gasteiger charge is -2.25. The molecule has 0 aromatic carbocycles. The van der Waals surface area contributed by atoms with Crippen LogP contribution in [0.2, 0.25) is 0 Å². The molecule has 2 heterocycles. The van der Waals surface area contributed by atoms with Crippen LogP contribution >= 0.6 is 0 Å². The smallest absolute Gasteiger partial charge is 0.307 e. The number of amides is 1. The lowest BCUT2D eigenvalue weighted by molar-refractivity contribution is -0.144. The second kappa shape index (κ2) is 6.97. The molecule has 0 saturated heterocycles. The van der Waals surface area contributed by atoms with Gasteiger partial charge in [0.15, 0.2) is 0 Å². The third-order valence-corrected chi connectivity index (χ3v) is 2.82. The van der Waals surface area contributed by atoms with Crippen molar-refractivity contribution < 1.29 is 14.3 Å². The number of aromatic nitrogens is 1. The molecule has 1 unspecified atom stereocenters. The van der Waals surface area contributed by atoms with Crippen molar-refractivity contribution >= 4 is 11.9 Å². The highest BCUT2D eigenvalue weighted by atomic mass is 16.5. The standard InChI is InChI=1S/C12H16N2O3.C2H6/c1-3-17-11(15)5-9-6-13-12(16)10-4-8(2)7-14(9)10;1-2/h4,7,9H,3,5-6H2,1-2H3,(H,13,16);1-2H3. The van der Waals surface area contributed by atoms with E-state index >= 15 is 0 Å². The van der Waals surface area contributed by atoms with Crippen LogP contribution < -0.4 is 5.32 Å². The van der Waals surface area contributed by atoms with Gasteiger partial charge in [0.1, 0.15) is 5.69 Å². The summed E-state index contributed by atoms with van der Waals surface area (Å²) in [4.78, 5) is 23.1. The van der Waals surface area contributed by atoms with Crippen LogP contribution in [-0.2, 0) is 9.53 Å². The van der Waals surface area contributed by atoms with Crippen molar-refractivity contribution in [3.63, 3.8) is 0 Å². The summed E-state index contributed by atoms with van der Waals surface area (Å²) in [6.07, 6.45) is 2.19. The topological polar surface area (TPSA) is 60.3 Å². The van der Waals surface area contributed by atoms with E-state index in [0.29, 0.717) is 18.8 Å². The number of carbonyl (C=O) groups excluding carboxylic acids is 2. The summed E-state index contributed by atoms with van der Waals surface area (Å²) in [5.41, 5.74) is 1.63. The number of nitrogens with zero attached hydrogens (tertiary/aromatic N) is 1. The van der Waals surface area contributed by atoms with Gasteiger partial charge in [-0.2, -0.15) is 0 Å². The summed E-state index contributed by atoms with van der Waals surface area (Å²) >= 11 is 0. The fraction of sp³-hybridized carbons (Fsp3) is 0.571. The van der Waals surface area contributed by atoms with E-state index in [1.165, 1.54) is 0 Å². The minimum Gasteiger partial charge on any atom is -0.466 e. The van der Waals surface area contributed by atoms with E-state index in [4.69, 9.17) is 4.74 Å². The zero-order valence-corrected chi connectivity index (χ0v) is 12.0. The maximum absolute atomic E-state index is 11.6. The molecule has 19 heavy (non-hydrogen) atoms. The van der Waals surface area contributed by atoms with Crippen LogP contribution in [0.1, 0.15) is 49.3 Å². The summed E-state index contributed by atoms with van der Waals surface area (Å²) in [7, 11) is 0. The van der Waals surface area contributed by atoms with Gasteiger partial charge in [0, 0.05) is 12.7 Å². The molecule has 1 N–H and O–H groups in total. The van der Waals surface area contributed by atoms with Gasteiger partial charge in [0.2, 0.25) is 0 Å². The first-order valence-electron chi connectivity index (χ1n) is 6.74. The van der Waals surface area contributed by atoms with E-state index < -0.39 is 0 Å². The lowest BCUT2D eigenvalue weighted by atomic mass is 10.1. The maximum Gasteiger partial charge on any atom is 0.307 e. The first-order valence-corrected chi connectivity index (χ1v) is 6.74. The minimum absolute atomic E-state index is 0.0459. The van der Waals surface area contributed by atoms with E-state index in [1.54, 1.807) is 6.92 Å². The first kappa shape index (κ1) is 15.3. The van der Waals surface area contributed by atoms with Crippen molar-refractivity contribution in [2.75, 3.05) is 13.2 Å². The molecule has 1 aliphatic rings. The number of hydrogen-bond donors (Lipinski definition) is 1. The fourth-order valence-electron chi connectivity index (χ4n) is 2.08. The molecule has 0 aliphatic carbocycles. The van der Waals surface area contributed by atoms with Crippen LogP contribution in [-0.4, -0.2) is 29.6 Å². The molecular weight excluding hydrogens is 244 g/mol. The van der Waals surface area contributed by atoms with E-state index in [2.05, 4.69) is 5.32 Å². The van der Waals surface area contributed by atoms with Crippen molar-refractivity contribution in [2.45, 2.75) is 40.2 Å². The molecule has 0 bridgehead atoms. The Balaban J connectivity index is 0.000000861. The van der Waals surface area contributed by atoms with E-state index in [1.807, 2.05) is 37.6 Å². The quantitative estimate of drug-likeness (QED) is 0.852. The molecule has 1 aromatic rings.